The van der Waals surface area contributed by atoms with E-state index < -0.39 is 11.7 Å². The Bertz CT molecular complexity index is 1040. The van der Waals surface area contributed by atoms with Crippen LogP contribution in [0.2, 0.25) is 0 Å². The molecule has 1 aliphatic carbocycles. The van der Waals surface area contributed by atoms with Crippen LogP contribution in [-0.4, -0.2) is 52.2 Å². The minimum atomic E-state index is -1.44. The van der Waals surface area contributed by atoms with Crippen LogP contribution in [0.15, 0.2) is 67.0 Å². The van der Waals surface area contributed by atoms with Gasteiger partial charge in [0.15, 0.2) is 5.60 Å². The van der Waals surface area contributed by atoms with E-state index in [4.69, 9.17) is 4.74 Å². The van der Waals surface area contributed by atoms with E-state index in [0.717, 1.165) is 41.9 Å². The molecule has 0 saturated carbocycles. The third kappa shape index (κ3) is 3.59. The highest BCUT2D eigenvalue weighted by molar-refractivity contribution is 5.80. The molecule has 2 heterocycles. The summed E-state index contributed by atoms with van der Waals surface area (Å²) in [5.74, 6) is 0.630. The molecule has 1 fully saturated rings. The van der Waals surface area contributed by atoms with Crippen LogP contribution in [0.25, 0.3) is 11.1 Å². The molecule has 0 radical (unpaired) electrons. The summed E-state index contributed by atoms with van der Waals surface area (Å²) < 4.78 is 5.65. The first-order valence-electron chi connectivity index (χ1n) is 11.2. The fourth-order valence-electron chi connectivity index (χ4n) is 5.30. The molecule has 5 rings (SSSR count). The molecule has 1 unspecified atom stereocenters. The van der Waals surface area contributed by atoms with Crippen molar-refractivity contribution in [2.45, 2.75) is 36.9 Å². The second-order valence-corrected chi connectivity index (χ2v) is 8.63. The molecule has 2 atom stereocenters. The molecular weight excluding hydrogens is 402 g/mol. The Kier molecular flexibility index (Phi) is 5.72. The van der Waals surface area contributed by atoms with E-state index in [9.17, 15) is 9.90 Å². The van der Waals surface area contributed by atoms with Gasteiger partial charge in [-0.15, -0.1) is 0 Å². The molecule has 0 bridgehead atoms. The van der Waals surface area contributed by atoms with Crippen LogP contribution in [0.5, 0.6) is 0 Å². The molecule has 0 amide bonds. The van der Waals surface area contributed by atoms with Crippen LogP contribution >= 0.6 is 0 Å². The maximum absolute atomic E-state index is 12.2. The molecule has 3 aromatic rings. The number of carbonyl (C=O) groups excluding carboxylic acids is 1. The minimum absolute atomic E-state index is 0.0804. The minimum Gasteiger partial charge on any atom is -0.461 e. The molecule has 1 aromatic heterocycles. The molecule has 1 aliphatic heterocycles. The molecule has 1 saturated heterocycles. The Hall–Kier alpha value is -3.09. The van der Waals surface area contributed by atoms with E-state index in [-0.39, 0.29) is 5.92 Å². The Morgan fingerprint density at radius 1 is 0.969 bits per heavy atom. The van der Waals surface area contributed by atoms with E-state index in [0.29, 0.717) is 18.7 Å². The number of nitrogens with zero attached hydrogens (tertiary/aromatic N) is 3. The Labute approximate surface area is 187 Å². The monoisotopic (exact) mass is 429 g/mol. The zero-order chi connectivity index (χ0) is 22.0. The molecule has 1 N–H and O–H groups in total. The fraction of sp³-hybridized carbons (Fsp3) is 0.346. The van der Waals surface area contributed by atoms with Crippen LogP contribution in [-0.2, 0) is 15.1 Å². The summed E-state index contributed by atoms with van der Waals surface area (Å²) >= 11 is 0. The van der Waals surface area contributed by atoms with Crippen molar-refractivity contribution < 1.29 is 14.6 Å². The number of aromatic nitrogens is 2. The normalized spacial score (nSPS) is 18.5. The van der Waals surface area contributed by atoms with E-state index in [1.165, 1.54) is 12.8 Å². The van der Waals surface area contributed by atoms with Gasteiger partial charge in [-0.2, -0.15) is 0 Å². The van der Waals surface area contributed by atoms with Crippen molar-refractivity contribution in [2.24, 2.45) is 0 Å². The van der Waals surface area contributed by atoms with Crippen molar-refractivity contribution in [3.63, 3.8) is 0 Å². The zero-order valence-electron chi connectivity index (χ0n) is 17.9. The lowest BCUT2D eigenvalue weighted by molar-refractivity contribution is -0.148. The first-order chi connectivity index (χ1) is 15.7. The van der Waals surface area contributed by atoms with Crippen molar-refractivity contribution in [1.29, 1.82) is 0 Å². The van der Waals surface area contributed by atoms with Gasteiger partial charge in [-0.1, -0.05) is 48.5 Å². The second-order valence-electron chi connectivity index (χ2n) is 8.63. The van der Waals surface area contributed by atoms with Crippen LogP contribution in [0, 0.1) is 0 Å². The highest BCUT2D eigenvalue weighted by Crippen LogP contribution is 2.51. The van der Waals surface area contributed by atoms with Gasteiger partial charge in [0.25, 0.3) is 6.47 Å². The van der Waals surface area contributed by atoms with Crippen LogP contribution in [0.4, 0.5) is 0 Å². The maximum atomic E-state index is 12.2. The number of rotatable bonds is 8. The lowest BCUT2D eigenvalue weighted by Gasteiger charge is -2.35. The first kappa shape index (κ1) is 20.8. The fourth-order valence-corrected chi connectivity index (χ4v) is 5.30. The van der Waals surface area contributed by atoms with Crippen LogP contribution in [0.3, 0.4) is 0 Å². The van der Waals surface area contributed by atoms with Gasteiger partial charge in [0.1, 0.15) is 11.9 Å². The summed E-state index contributed by atoms with van der Waals surface area (Å²) in [6, 6.07) is 17.4. The predicted octanol–water partition coefficient (Wildman–Crippen LogP) is 3.50. The van der Waals surface area contributed by atoms with Gasteiger partial charge < -0.3 is 14.7 Å². The maximum Gasteiger partial charge on any atom is 0.293 e. The van der Waals surface area contributed by atoms with Crippen molar-refractivity contribution in [1.82, 2.24) is 14.9 Å². The molecule has 6 heteroatoms. The highest BCUT2D eigenvalue weighted by atomic mass is 16.5. The zero-order valence-corrected chi connectivity index (χ0v) is 17.9. The highest BCUT2D eigenvalue weighted by Gasteiger charge is 2.49. The Morgan fingerprint density at radius 3 is 2.16 bits per heavy atom. The SMILES string of the molecule is O=COC(C[C@@H](CN1CCCC1)c1ncccn1)C1(O)c2ccccc2-c2ccccc21. The van der Waals surface area contributed by atoms with Crippen LogP contribution in [0.1, 0.15) is 42.1 Å². The smallest absolute Gasteiger partial charge is 0.293 e. The topological polar surface area (TPSA) is 75.5 Å². The van der Waals surface area contributed by atoms with Gasteiger partial charge in [-0.3, -0.25) is 4.79 Å². The number of aliphatic hydroxyl groups is 1. The number of ether oxygens (including phenoxy) is 1. The standard InChI is InChI=1S/C26H27N3O3/c30-18-32-24(16-19(17-29-14-5-6-15-29)25-27-12-7-13-28-25)26(31)22-10-3-1-8-20(22)21-9-2-4-11-23(21)26/h1-4,7-13,18-19,24,31H,5-6,14-17H2/t19-,24?/m0/s1. The lowest BCUT2D eigenvalue weighted by Crippen LogP contribution is -2.43. The molecule has 32 heavy (non-hydrogen) atoms. The van der Waals surface area contributed by atoms with Crippen LogP contribution < -0.4 is 0 Å². The Balaban J connectivity index is 1.55. The van der Waals surface area contributed by atoms with E-state index >= 15 is 0 Å². The van der Waals surface area contributed by atoms with E-state index in [2.05, 4.69) is 14.9 Å². The van der Waals surface area contributed by atoms with Gasteiger partial charge in [0.2, 0.25) is 0 Å². The summed E-state index contributed by atoms with van der Waals surface area (Å²) in [6.07, 6.45) is 5.48. The van der Waals surface area contributed by atoms with Crippen molar-refractivity contribution in [3.8, 4) is 11.1 Å². The van der Waals surface area contributed by atoms with Gasteiger partial charge in [-0.05, 0) is 60.7 Å². The van der Waals surface area contributed by atoms with Gasteiger partial charge in [0, 0.05) is 24.9 Å². The average Bonchev–Trinajstić information content (AvgIpc) is 3.45. The van der Waals surface area contributed by atoms with Crippen molar-refractivity contribution >= 4 is 6.47 Å². The van der Waals surface area contributed by atoms with Gasteiger partial charge in [-0.25, -0.2) is 9.97 Å². The summed E-state index contributed by atoms with van der Waals surface area (Å²) in [5.41, 5.74) is 2.03. The number of benzene rings is 2. The molecule has 2 aromatic carbocycles. The molecule has 0 spiro atoms. The molecule has 164 valence electrons. The Morgan fingerprint density at radius 2 is 1.56 bits per heavy atom. The largest absolute Gasteiger partial charge is 0.461 e. The summed E-state index contributed by atoms with van der Waals surface area (Å²) in [7, 11) is 0. The number of fused-ring (bicyclic) bond motifs is 3. The quantitative estimate of drug-likeness (QED) is 0.553. The number of hydrogen-bond acceptors (Lipinski definition) is 6. The number of carbonyl (C=O) groups is 1. The summed E-state index contributed by atoms with van der Waals surface area (Å²) in [5, 5.41) is 12.2. The number of likely N-dealkylation sites (tertiary alicyclic amines) is 1. The number of hydrogen-bond donors (Lipinski definition) is 1. The average molecular weight is 430 g/mol. The third-order valence-electron chi connectivity index (χ3n) is 6.78. The molecular formula is C26H27N3O3. The third-order valence-corrected chi connectivity index (χ3v) is 6.78. The van der Waals surface area contributed by atoms with E-state index in [1.54, 1.807) is 18.5 Å². The summed E-state index contributed by atoms with van der Waals surface area (Å²) in [4.78, 5) is 23.0. The summed E-state index contributed by atoms with van der Waals surface area (Å²) in [6.45, 7) is 3.30. The van der Waals surface area contributed by atoms with Gasteiger partial charge in [0.05, 0.1) is 0 Å². The lowest BCUT2D eigenvalue weighted by atomic mass is 9.81. The first-order valence-corrected chi connectivity index (χ1v) is 11.2. The van der Waals surface area contributed by atoms with Gasteiger partial charge >= 0.3 is 0 Å². The molecule has 6 nitrogen and oxygen atoms in total. The van der Waals surface area contributed by atoms with E-state index in [1.807, 2.05) is 48.5 Å². The van der Waals surface area contributed by atoms with Crippen molar-refractivity contribution in [2.75, 3.05) is 19.6 Å². The predicted molar refractivity (Wildman–Crippen MR) is 121 cm³/mol. The second kappa shape index (κ2) is 8.81. The molecule has 2 aliphatic rings. The van der Waals surface area contributed by atoms with Crippen molar-refractivity contribution in [3.05, 3.63) is 83.9 Å².